The Bertz CT molecular complexity index is 231. The topological polar surface area (TPSA) is 32.3 Å². The summed E-state index contributed by atoms with van der Waals surface area (Å²) in [5.74, 6) is 0.281. The van der Waals surface area contributed by atoms with Crippen molar-refractivity contribution >= 4 is 5.91 Å². The van der Waals surface area contributed by atoms with Gasteiger partial charge in [0.15, 0.2) is 0 Å². The van der Waals surface area contributed by atoms with Crippen LogP contribution in [0.3, 0.4) is 0 Å². The van der Waals surface area contributed by atoms with E-state index >= 15 is 0 Å². The molecule has 2 saturated carbocycles. The maximum Gasteiger partial charge on any atom is 0.236 e. The van der Waals surface area contributed by atoms with Gasteiger partial charge in [0.25, 0.3) is 0 Å². The molecule has 0 atom stereocenters. The summed E-state index contributed by atoms with van der Waals surface area (Å²) in [4.78, 5) is 13.8. The molecular formula is C11H20N2O. The molecule has 0 aromatic rings. The highest BCUT2D eigenvalue weighted by atomic mass is 16.2. The summed E-state index contributed by atoms with van der Waals surface area (Å²) in [5, 5.41) is 3.34. The first-order valence-electron chi connectivity index (χ1n) is 5.69. The Morgan fingerprint density at radius 2 is 2.14 bits per heavy atom. The average Bonchev–Trinajstić information content (AvgIpc) is 3.02. The number of likely N-dealkylation sites (N-methyl/N-ethyl adjacent to an activating group) is 1. The molecule has 0 aromatic carbocycles. The highest BCUT2D eigenvalue weighted by Crippen LogP contribution is 2.34. The van der Waals surface area contributed by atoms with Crippen LogP contribution in [0.1, 0.15) is 39.5 Å². The van der Waals surface area contributed by atoms with Crippen molar-refractivity contribution < 1.29 is 4.79 Å². The van der Waals surface area contributed by atoms with Crippen LogP contribution in [0.2, 0.25) is 0 Å². The Labute approximate surface area is 85.8 Å². The average molecular weight is 196 g/mol. The van der Waals surface area contributed by atoms with Crippen molar-refractivity contribution in [3.63, 3.8) is 0 Å². The van der Waals surface area contributed by atoms with E-state index in [-0.39, 0.29) is 11.4 Å². The molecule has 1 N–H and O–H groups in total. The molecule has 80 valence electrons. The van der Waals surface area contributed by atoms with Crippen molar-refractivity contribution in [3.8, 4) is 0 Å². The summed E-state index contributed by atoms with van der Waals surface area (Å²) < 4.78 is 0. The first-order valence-corrected chi connectivity index (χ1v) is 5.69. The predicted octanol–water partition coefficient (Wildman–Crippen LogP) is 1.14. The Morgan fingerprint density at radius 1 is 1.50 bits per heavy atom. The van der Waals surface area contributed by atoms with Crippen LogP contribution in [0.4, 0.5) is 0 Å². The lowest BCUT2D eigenvalue weighted by atomic mass is 10.3. The lowest BCUT2D eigenvalue weighted by Gasteiger charge is -2.21. The van der Waals surface area contributed by atoms with Crippen LogP contribution in [0.5, 0.6) is 0 Å². The predicted molar refractivity (Wildman–Crippen MR) is 56.1 cm³/mol. The normalized spacial score (nSPS) is 23.3. The first-order chi connectivity index (χ1) is 6.64. The van der Waals surface area contributed by atoms with E-state index in [4.69, 9.17) is 0 Å². The molecule has 3 heteroatoms. The third-order valence-corrected chi connectivity index (χ3v) is 3.32. The zero-order valence-electron chi connectivity index (χ0n) is 9.18. The molecule has 0 saturated heterocycles. The van der Waals surface area contributed by atoms with Crippen LogP contribution in [0.15, 0.2) is 0 Å². The molecule has 0 aliphatic heterocycles. The van der Waals surface area contributed by atoms with Gasteiger partial charge in [0, 0.05) is 18.1 Å². The largest absolute Gasteiger partial charge is 0.339 e. The Hall–Kier alpha value is -0.570. The van der Waals surface area contributed by atoms with Gasteiger partial charge >= 0.3 is 0 Å². The second-order valence-electron chi connectivity index (χ2n) is 4.83. The van der Waals surface area contributed by atoms with Crippen molar-refractivity contribution in [2.24, 2.45) is 0 Å². The van der Waals surface area contributed by atoms with Crippen molar-refractivity contribution in [1.82, 2.24) is 10.2 Å². The minimum absolute atomic E-state index is 0.276. The van der Waals surface area contributed by atoms with Gasteiger partial charge in [-0.3, -0.25) is 4.79 Å². The summed E-state index contributed by atoms with van der Waals surface area (Å²) in [7, 11) is 0. The minimum atomic E-state index is 0.276. The minimum Gasteiger partial charge on any atom is -0.339 e. The second kappa shape index (κ2) is 3.54. The van der Waals surface area contributed by atoms with Crippen LogP contribution >= 0.6 is 0 Å². The van der Waals surface area contributed by atoms with Gasteiger partial charge in [-0.25, -0.2) is 0 Å². The molecule has 3 nitrogen and oxygen atoms in total. The molecule has 2 aliphatic carbocycles. The van der Waals surface area contributed by atoms with Gasteiger partial charge in [-0.2, -0.15) is 0 Å². The summed E-state index contributed by atoms with van der Waals surface area (Å²) in [5.41, 5.74) is 0.276. The van der Waals surface area contributed by atoms with Crippen molar-refractivity contribution in [2.75, 3.05) is 13.1 Å². The van der Waals surface area contributed by atoms with E-state index in [2.05, 4.69) is 19.2 Å². The van der Waals surface area contributed by atoms with E-state index in [1.54, 1.807) is 0 Å². The van der Waals surface area contributed by atoms with E-state index in [0.29, 0.717) is 12.6 Å². The molecule has 14 heavy (non-hydrogen) atoms. The number of carbonyl (C=O) groups is 1. The Balaban J connectivity index is 1.75. The maximum absolute atomic E-state index is 11.8. The fraction of sp³-hybridized carbons (Fsp3) is 0.909. The van der Waals surface area contributed by atoms with Crippen molar-refractivity contribution in [1.29, 1.82) is 0 Å². The van der Waals surface area contributed by atoms with Crippen molar-refractivity contribution in [2.45, 2.75) is 51.1 Å². The summed E-state index contributed by atoms with van der Waals surface area (Å²) in [6.45, 7) is 5.64. The molecule has 0 heterocycles. The van der Waals surface area contributed by atoms with Crippen LogP contribution in [0.25, 0.3) is 0 Å². The quantitative estimate of drug-likeness (QED) is 0.715. The van der Waals surface area contributed by atoms with Gasteiger partial charge in [-0.05, 0) is 39.5 Å². The van der Waals surface area contributed by atoms with E-state index in [9.17, 15) is 4.79 Å². The number of nitrogens with zero attached hydrogens (tertiary/aromatic N) is 1. The number of hydrogen-bond donors (Lipinski definition) is 1. The number of amides is 1. The van der Waals surface area contributed by atoms with E-state index < -0.39 is 0 Å². The van der Waals surface area contributed by atoms with E-state index in [0.717, 1.165) is 6.54 Å². The fourth-order valence-electron chi connectivity index (χ4n) is 1.78. The summed E-state index contributed by atoms with van der Waals surface area (Å²) >= 11 is 0. The molecule has 0 spiro atoms. The summed E-state index contributed by atoms with van der Waals surface area (Å²) in [6, 6.07) is 0.557. The van der Waals surface area contributed by atoms with Gasteiger partial charge in [-0.1, -0.05) is 0 Å². The highest BCUT2D eigenvalue weighted by Gasteiger charge is 2.38. The van der Waals surface area contributed by atoms with Gasteiger partial charge in [-0.15, -0.1) is 0 Å². The monoisotopic (exact) mass is 196 g/mol. The zero-order valence-corrected chi connectivity index (χ0v) is 9.18. The highest BCUT2D eigenvalue weighted by molar-refractivity contribution is 5.79. The SMILES string of the molecule is CCN(C(=O)CNC1(C)CC1)C1CC1. The second-order valence-corrected chi connectivity index (χ2v) is 4.83. The van der Waals surface area contributed by atoms with Gasteiger partial charge in [0.2, 0.25) is 5.91 Å². The molecule has 0 bridgehead atoms. The molecule has 2 aliphatic rings. The summed E-state index contributed by atoms with van der Waals surface area (Å²) in [6.07, 6.45) is 4.85. The molecule has 1 amide bonds. The van der Waals surface area contributed by atoms with Crippen LogP contribution in [-0.2, 0) is 4.79 Å². The Kier molecular flexibility index (Phi) is 2.52. The van der Waals surface area contributed by atoms with Gasteiger partial charge in [0.1, 0.15) is 0 Å². The lowest BCUT2D eigenvalue weighted by Crippen LogP contribution is -2.42. The fourth-order valence-corrected chi connectivity index (χ4v) is 1.78. The first kappa shape index (κ1) is 9.97. The standard InChI is InChI=1S/C11H20N2O/c1-3-13(9-4-5-9)10(14)8-12-11(2)6-7-11/h9,12H,3-8H2,1-2H3. The van der Waals surface area contributed by atoms with Crippen LogP contribution in [-0.4, -0.2) is 35.5 Å². The maximum atomic E-state index is 11.8. The molecule has 0 aromatic heterocycles. The Morgan fingerprint density at radius 3 is 2.57 bits per heavy atom. The third kappa shape index (κ3) is 2.27. The van der Waals surface area contributed by atoms with Gasteiger partial charge in [0.05, 0.1) is 6.54 Å². The molecule has 2 fully saturated rings. The lowest BCUT2D eigenvalue weighted by molar-refractivity contribution is -0.130. The van der Waals surface area contributed by atoms with E-state index in [1.807, 2.05) is 4.90 Å². The molecule has 0 radical (unpaired) electrons. The number of hydrogen-bond acceptors (Lipinski definition) is 2. The number of carbonyl (C=O) groups excluding carboxylic acids is 1. The molecule has 0 unspecified atom stereocenters. The van der Waals surface area contributed by atoms with Crippen molar-refractivity contribution in [3.05, 3.63) is 0 Å². The number of nitrogens with one attached hydrogen (secondary N) is 1. The van der Waals surface area contributed by atoms with Gasteiger partial charge < -0.3 is 10.2 Å². The number of rotatable bonds is 5. The smallest absolute Gasteiger partial charge is 0.236 e. The molecule has 2 rings (SSSR count). The van der Waals surface area contributed by atoms with Crippen LogP contribution in [0, 0.1) is 0 Å². The molecular weight excluding hydrogens is 176 g/mol. The van der Waals surface area contributed by atoms with Crippen LogP contribution < -0.4 is 5.32 Å². The zero-order chi connectivity index (χ0) is 10.2. The van der Waals surface area contributed by atoms with E-state index in [1.165, 1.54) is 25.7 Å². The third-order valence-electron chi connectivity index (χ3n) is 3.32.